The topological polar surface area (TPSA) is 12.0 Å². The van der Waals surface area contributed by atoms with E-state index in [9.17, 15) is 8.78 Å². The Morgan fingerprint density at radius 2 is 1.69 bits per heavy atom. The van der Waals surface area contributed by atoms with Crippen molar-refractivity contribution in [1.82, 2.24) is 5.32 Å². The molecule has 1 aliphatic rings. The molecule has 0 aliphatic heterocycles. The van der Waals surface area contributed by atoms with Gasteiger partial charge in [-0.05, 0) is 25.3 Å². The first kappa shape index (κ1) is 10.9. The standard InChI is InChI=1S/C10H19F2N/c11-10(12)8-13-7-9-5-3-1-2-4-6-9/h9-10,13H,1-8H2. The zero-order valence-electron chi connectivity index (χ0n) is 8.07. The fourth-order valence-electron chi connectivity index (χ4n) is 1.96. The van der Waals surface area contributed by atoms with Crippen LogP contribution in [0.15, 0.2) is 0 Å². The summed E-state index contributed by atoms with van der Waals surface area (Å²) in [5, 5.41) is 2.83. The Kier molecular flexibility index (Phi) is 5.28. The molecule has 1 fully saturated rings. The first-order valence-corrected chi connectivity index (χ1v) is 5.28. The molecule has 0 saturated heterocycles. The van der Waals surface area contributed by atoms with E-state index in [1.807, 2.05) is 0 Å². The molecule has 1 nitrogen and oxygen atoms in total. The van der Waals surface area contributed by atoms with Gasteiger partial charge in [0.15, 0.2) is 0 Å². The van der Waals surface area contributed by atoms with Crippen molar-refractivity contribution >= 4 is 0 Å². The van der Waals surface area contributed by atoms with Crippen LogP contribution in [-0.2, 0) is 0 Å². The zero-order valence-corrected chi connectivity index (χ0v) is 8.07. The van der Waals surface area contributed by atoms with Crippen molar-refractivity contribution in [2.24, 2.45) is 5.92 Å². The average Bonchev–Trinajstić information content (AvgIpc) is 2.32. The van der Waals surface area contributed by atoms with Crippen LogP contribution in [0.5, 0.6) is 0 Å². The lowest BCUT2D eigenvalue weighted by Crippen LogP contribution is -2.27. The second-order valence-electron chi connectivity index (χ2n) is 3.91. The predicted molar refractivity (Wildman–Crippen MR) is 50.1 cm³/mol. The van der Waals surface area contributed by atoms with Crippen LogP contribution in [0.1, 0.15) is 38.5 Å². The summed E-state index contributed by atoms with van der Waals surface area (Å²) in [6, 6.07) is 0. The summed E-state index contributed by atoms with van der Waals surface area (Å²) in [5.41, 5.74) is 0. The summed E-state index contributed by atoms with van der Waals surface area (Å²) < 4.78 is 23.6. The summed E-state index contributed by atoms with van der Waals surface area (Å²) in [7, 11) is 0. The second-order valence-corrected chi connectivity index (χ2v) is 3.91. The first-order chi connectivity index (χ1) is 6.29. The average molecular weight is 191 g/mol. The van der Waals surface area contributed by atoms with E-state index in [-0.39, 0.29) is 6.54 Å². The van der Waals surface area contributed by atoms with Gasteiger partial charge in [-0.1, -0.05) is 25.7 Å². The van der Waals surface area contributed by atoms with Gasteiger partial charge in [-0.3, -0.25) is 0 Å². The Balaban J connectivity index is 2.05. The van der Waals surface area contributed by atoms with Crippen LogP contribution >= 0.6 is 0 Å². The van der Waals surface area contributed by atoms with Crippen molar-refractivity contribution in [1.29, 1.82) is 0 Å². The van der Waals surface area contributed by atoms with E-state index in [1.165, 1.54) is 38.5 Å². The Bertz CT molecular complexity index is 120. The van der Waals surface area contributed by atoms with E-state index in [0.717, 1.165) is 6.54 Å². The van der Waals surface area contributed by atoms with Crippen LogP contribution in [0.3, 0.4) is 0 Å². The van der Waals surface area contributed by atoms with Gasteiger partial charge in [-0.25, -0.2) is 8.78 Å². The van der Waals surface area contributed by atoms with Crippen molar-refractivity contribution in [2.45, 2.75) is 45.0 Å². The van der Waals surface area contributed by atoms with Crippen LogP contribution < -0.4 is 5.32 Å². The molecule has 1 aliphatic carbocycles. The molecule has 1 N–H and O–H groups in total. The largest absolute Gasteiger partial charge is 0.311 e. The first-order valence-electron chi connectivity index (χ1n) is 5.28. The maximum absolute atomic E-state index is 11.8. The highest BCUT2D eigenvalue weighted by molar-refractivity contribution is 4.67. The third kappa shape index (κ3) is 5.19. The molecule has 0 aromatic carbocycles. The number of alkyl halides is 2. The number of hydrogen-bond donors (Lipinski definition) is 1. The number of halogens is 2. The van der Waals surface area contributed by atoms with Gasteiger partial charge < -0.3 is 5.32 Å². The molecule has 0 atom stereocenters. The van der Waals surface area contributed by atoms with Crippen molar-refractivity contribution in [3.05, 3.63) is 0 Å². The van der Waals surface area contributed by atoms with E-state index in [4.69, 9.17) is 0 Å². The maximum atomic E-state index is 11.8. The predicted octanol–water partition coefficient (Wildman–Crippen LogP) is 2.81. The zero-order chi connectivity index (χ0) is 9.52. The van der Waals surface area contributed by atoms with Gasteiger partial charge in [-0.2, -0.15) is 0 Å². The lowest BCUT2D eigenvalue weighted by atomic mass is 10.0. The summed E-state index contributed by atoms with van der Waals surface area (Å²) in [6.45, 7) is 0.640. The molecule has 0 radical (unpaired) electrons. The maximum Gasteiger partial charge on any atom is 0.250 e. The van der Waals surface area contributed by atoms with Gasteiger partial charge in [0.05, 0.1) is 6.54 Å². The minimum absolute atomic E-state index is 0.142. The lowest BCUT2D eigenvalue weighted by Gasteiger charge is -2.14. The number of rotatable bonds is 4. The van der Waals surface area contributed by atoms with Gasteiger partial charge in [0, 0.05) is 0 Å². The Morgan fingerprint density at radius 3 is 2.23 bits per heavy atom. The summed E-state index contributed by atoms with van der Waals surface area (Å²) in [4.78, 5) is 0. The molecule has 1 rings (SSSR count). The molecule has 0 heterocycles. The normalized spacial score (nSPS) is 20.5. The third-order valence-corrected chi connectivity index (χ3v) is 2.71. The molecule has 3 heteroatoms. The lowest BCUT2D eigenvalue weighted by molar-refractivity contribution is 0.143. The minimum atomic E-state index is -2.20. The Labute approximate surface area is 78.9 Å². The van der Waals surface area contributed by atoms with Crippen LogP contribution in [-0.4, -0.2) is 19.5 Å². The Hall–Kier alpha value is -0.180. The number of nitrogens with one attached hydrogen (secondary N) is 1. The molecule has 13 heavy (non-hydrogen) atoms. The van der Waals surface area contributed by atoms with E-state index >= 15 is 0 Å². The van der Waals surface area contributed by atoms with Crippen LogP contribution in [0.25, 0.3) is 0 Å². The van der Waals surface area contributed by atoms with Crippen LogP contribution in [0, 0.1) is 5.92 Å². The van der Waals surface area contributed by atoms with E-state index < -0.39 is 6.43 Å². The molecule has 78 valence electrons. The number of hydrogen-bond acceptors (Lipinski definition) is 1. The highest BCUT2D eigenvalue weighted by Crippen LogP contribution is 2.21. The van der Waals surface area contributed by atoms with Gasteiger partial charge in [0.25, 0.3) is 6.43 Å². The fourth-order valence-corrected chi connectivity index (χ4v) is 1.96. The van der Waals surface area contributed by atoms with E-state index in [0.29, 0.717) is 5.92 Å². The smallest absolute Gasteiger partial charge is 0.250 e. The van der Waals surface area contributed by atoms with Gasteiger partial charge in [0.1, 0.15) is 0 Å². The van der Waals surface area contributed by atoms with Gasteiger partial charge in [-0.15, -0.1) is 0 Å². The summed E-state index contributed by atoms with van der Waals surface area (Å²) in [6.07, 6.45) is 5.44. The molecule has 0 aromatic rings. The third-order valence-electron chi connectivity index (χ3n) is 2.71. The van der Waals surface area contributed by atoms with Crippen molar-refractivity contribution in [2.75, 3.05) is 13.1 Å². The molecule has 0 spiro atoms. The fraction of sp³-hybridized carbons (Fsp3) is 1.00. The highest BCUT2D eigenvalue weighted by Gasteiger charge is 2.12. The van der Waals surface area contributed by atoms with Gasteiger partial charge >= 0.3 is 0 Å². The molecule has 1 saturated carbocycles. The van der Waals surface area contributed by atoms with Crippen LogP contribution in [0.2, 0.25) is 0 Å². The molecule has 0 amide bonds. The molecule has 0 unspecified atom stereocenters. The SMILES string of the molecule is FC(F)CNCC1CCCCCC1. The molecule has 0 aromatic heterocycles. The molecule has 0 bridgehead atoms. The van der Waals surface area contributed by atoms with Gasteiger partial charge in [0.2, 0.25) is 0 Å². The Morgan fingerprint density at radius 1 is 1.08 bits per heavy atom. The van der Waals surface area contributed by atoms with E-state index in [1.54, 1.807) is 0 Å². The summed E-state index contributed by atoms with van der Waals surface area (Å²) in [5.74, 6) is 0.640. The second kappa shape index (κ2) is 6.30. The van der Waals surface area contributed by atoms with Crippen molar-refractivity contribution < 1.29 is 8.78 Å². The summed E-state index contributed by atoms with van der Waals surface area (Å²) >= 11 is 0. The van der Waals surface area contributed by atoms with E-state index in [2.05, 4.69) is 5.32 Å². The van der Waals surface area contributed by atoms with Crippen molar-refractivity contribution in [3.8, 4) is 0 Å². The molecular weight excluding hydrogens is 172 g/mol. The quantitative estimate of drug-likeness (QED) is 0.674. The highest BCUT2D eigenvalue weighted by atomic mass is 19.3. The molecular formula is C10H19F2N. The van der Waals surface area contributed by atoms with Crippen molar-refractivity contribution in [3.63, 3.8) is 0 Å². The minimum Gasteiger partial charge on any atom is -0.311 e. The monoisotopic (exact) mass is 191 g/mol. The van der Waals surface area contributed by atoms with Crippen LogP contribution in [0.4, 0.5) is 8.78 Å².